The van der Waals surface area contributed by atoms with Crippen molar-refractivity contribution >= 4 is 11.5 Å². The van der Waals surface area contributed by atoms with E-state index in [2.05, 4.69) is 4.98 Å². The summed E-state index contributed by atoms with van der Waals surface area (Å²) in [4.78, 5) is 15.5. The Morgan fingerprint density at radius 2 is 2.00 bits per heavy atom. The number of para-hydroxylation sites is 2. The molecule has 2 N–H and O–H groups in total. The topological polar surface area (TPSA) is 84.1 Å². The summed E-state index contributed by atoms with van der Waals surface area (Å²) in [6.07, 6.45) is 0. The predicted molar refractivity (Wildman–Crippen MR) is 79.3 cm³/mol. The number of rotatable bonds is 4. The van der Waals surface area contributed by atoms with Gasteiger partial charge < -0.3 is 14.9 Å². The fourth-order valence-electron chi connectivity index (χ4n) is 2.36. The fourth-order valence-corrected chi connectivity index (χ4v) is 2.36. The molecule has 22 heavy (non-hydrogen) atoms. The Bertz CT molecular complexity index is 854. The van der Waals surface area contributed by atoms with Gasteiger partial charge in [-0.15, -0.1) is 0 Å². The average Bonchev–Trinajstić information content (AvgIpc) is 2.87. The quantitative estimate of drug-likeness (QED) is 0.773. The molecule has 0 atom stereocenters. The highest BCUT2D eigenvalue weighted by atomic mass is 16.5. The third-order valence-electron chi connectivity index (χ3n) is 3.35. The molecule has 0 fully saturated rings. The number of carboxylic acid groups (broad SMARTS) is 1. The summed E-state index contributed by atoms with van der Waals surface area (Å²) >= 11 is 0. The highest BCUT2D eigenvalue weighted by Crippen LogP contribution is 2.25. The van der Waals surface area contributed by atoms with Gasteiger partial charge in [-0.2, -0.15) is 0 Å². The third-order valence-corrected chi connectivity index (χ3v) is 3.35. The van der Waals surface area contributed by atoms with Crippen LogP contribution in [0, 0.1) is 6.92 Å². The Morgan fingerprint density at radius 3 is 2.73 bits per heavy atom. The number of phenolic OH excluding ortho intramolecular Hbond substituents is 1. The van der Waals surface area contributed by atoms with Gasteiger partial charge in [0.15, 0.2) is 23.0 Å². The molecular formula is C16H14N2O4. The Hall–Kier alpha value is -3.02. The molecule has 3 aromatic rings. The van der Waals surface area contributed by atoms with E-state index in [1.807, 2.05) is 13.0 Å². The first-order chi connectivity index (χ1) is 10.6. The van der Waals surface area contributed by atoms with E-state index in [0.717, 1.165) is 5.69 Å². The standard InChI is InChI=1S/C16H14N2O4/c1-10-5-4-6-11-15(16(20)21)17-14(18(10)11)9-22-13-8-3-2-7-12(13)19/h2-8,19H,9H2,1H3,(H,20,21). The van der Waals surface area contributed by atoms with Crippen molar-refractivity contribution in [3.63, 3.8) is 0 Å². The van der Waals surface area contributed by atoms with Gasteiger partial charge in [0.25, 0.3) is 0 Å². The molecule has 6 heteroatoms. The number of carbonyl (C=O) groups is 1. The summed E-state index contributed by atoms with van der Waals surface area (Å²) in [5, 5.41) is 19.0. The zero-order valence-electron chi connectivity index (χ0n) is 11.9. The molecule has 112 valence electrons. The molecule has 3 rings (SSSR count). The van der Waals surface area contributed by atoms with Crippen LogP contribution in [0.1, 0.15) is 22.0 Å². The summed E-state index contributed by atoms with van der Waals surface area (Å²) < 4.78 is 7.29. The number of aryl methyl sites for hydroxylation is 1. The molecule has 0 unspecified atom stereocenters. The SMILES string of the molecule is Cc1cccc2c(C(=O)O)nc(COc3ccccc3O)n12. The Balaban J connectivity index is 2.00. The number of benzene rings is 1. The van der Waals surface area contributed by atoms with Crippen molar-refractivity contribution in [2.75, 3.05) is 0 Å². The second kappa shape index (κ2) is 5.40. The number of pyridine rings is 1. The van der Waals surface area contributed by atoms with Gasteiger partial charge in [0.2, 0.25) is 0 Å². The molecule has 0 radical (unpaired) electrons. The smallest absolute Gasteiger partial charge is 0.356 e. The van der Waals surface area contributed by atoms with Gasteiger partial charge in [0.1, 0.15) is 6.61 Å². The summed E-state index contributed by atoms with van der Waals surface area (Å²) in [6, 6.07) is 11.9. The fraction of sp³-hybridized carbons (Fsp3) is 0.125. The van der Waals surface area contributed by atoms with E-state index in [4.69, 9.17) is 4.74 Å². The van der Waals surface area contributed by atoms with Crippen LogP contribution in [0.3, 0.4) is 0 Å². The van der Waals surface area contributed by atoms with Crippen LogP contribution in [0.2, 0.25) is 0 Å². The molecular weight excluding hydrogens is 284 g/mol. The number of fused-ring (bicyclic) bond motifs is 1. The van der Waals surface area contributed by atoms with Crippen LogP contribution in [-0.2, 0) is 6.61 Å². The van der Waals surface area contributed by atoms with Gasteiger partial charge in [-0.1, -0.05) is 18.2 Å². The van der Waals surface area contributed by atoms with E-state index < -0.39 is 5.97 Å². The van der Waals surface area contributed by atoms with E-state index in [9.17, 15) is 15.0 Å². The molecule has 2 heterocycles. The number of imidazole rings is 1. The third kappa shape index (κ3) is 2.35. The molecule has 0 spiro atoms. The molecule has 1 aromatic carbocycles. The van der Waals surface area contributed by atoms with Crippen molar-refractivity contribution in [2.45, 2.75) is 13.5 Å². The Morgan fingerprint density at radius 1 is 1.23 bits per heavy atom. The number of aromatic nitrogens is 2. The molecule has 0 amide bonds. The van der Waals surface area contributed by atoms with Gasteiger partial charge in [-0.25, -0.2) is 9.78 Å². The summed E-state index contributed by atoms with van der Waals surface area (Å²) in [6.45, 7) is 1.92. The highest BCUT2D eigenvalue weighted by Gasteiger charge is 2.18. The number of ether oxygens (including phenoxy) is 1. The van der Waals surface area contributed by atoms with Gasteiger partial charge in [0, 0.05) is 5.69 Å². The van der Waals surface area contributed by atoms with Gasteiger partial charge in [-0.05, 0) is 31.2 Å². The first-order valence-electron chi connectivity index (χ1n) is 6.69. The molecule has 0 bridgehead atoms. The van der Waals surface area contributed by atoms with Gasteiger partial charge >= 0.3 is 5.97 Å². The molecule has 0 aliphatic rings. The van der Waals surface area contributed by atoms with Crippen molar-refractivity contribution < 1.29 is 19.7 Å². The van der Waals surface area contributed by atoms with Crippen LogP contribution in [0.15, 0.2) is 42.5 Å². The van der Waals surface area contributed by atoms with Crippen molar-refractivity contribution in [1.82, 2.24) is 9.38 Å². The van der Waals surface area contributed by atoms with Crippen LogP contribution >= 0.6 is 0 Å². The summed E-state index contributed by atoms with van der Waals surface area (Å²) in [5.74, 6) is -0.270. The molecule has 0 aliphatic carbocycles. The predicted octanol–water partition coefficient (Wildman–Crippen LogP) is 2.63. The number of nitrogens with zero attached hydrogens (tertiary/aromatic N) is 2. The maximum absolute atomic E-state index is 11.3. The van der Waals surface area contributed by atoms with Crippen LogP contribution in [0.4, 0.5) is 0 Å². The van der Waals surface area contributed by atoms with E-state index in [1.54, 1.807) is 34.7 Å². The van der Waals surface area contributed by atoms with Crippen molar-refractivity contribution in [1.29, 1.82) is 0 Å². The molecule has 0 saturated heterocycles. The van der Waals surface area contributed by atoms with Crippen molar-refractivity contribution in [3.8, 4) is 11.5 Å². The van der Waals surface area contributed by atoms with Gasteiger partial charge in [0.05, 0.1) is 5.52 Å². The Labute approximate surface area is 126 Å². The van der Waals surface area contributed by atoms with E-state index in [-0.39, 0.29) is 18.1 Å². The van der Waals surface area contributed by atoms with E-state index in [0.29, 0.717) is 17.1 Å². The van der Waals surface area contributed by atoms with Crippen LogP contribution in [0.5, 0.6) is 11.5 Å². The second-order valence-electron chi connectivity index (χ2n) is 4.83. The number of aromatic carboxylic acids is 1. The minimum atomic E-state index is -1.09. The minimum Gasteiger partial charge on any atom is -0.504 e. The zero-order valence-corrected chi connectivity index (χ0v) is 11.9. The number of hydrogen-bond donors (Lipinski definition) is 2. The maximum Gasteiger partial charge on any atom is 0.356 e. The first kappa shape index (κ1) is 13.9. The monoisotopic (exact) mass is 298 g/mol. The van der Waals surface area contributed by atoms with Crippen LogP contribution < -0.4 is 4.74 Å². The zero-order chi connectivity index (χ0) is 15.7. The van der Waals surface area contributed by atoms with Gasteiger partial charge in [-0.3, -0.25) is 4.40 Å². The number of phenols is 1. The molecule has 2 aromatic heterocycles. The molecule has 6 nitrogen and oxygen atoms in total. The van der Waals surface area contributed by atoms with Crippen molar-refractivity contribution in [3.05, 3.63) is 59.7 Å². The summed E-state index contributed by atoms with van der Waals surface area (Å²) in [7, 11) is 0. The Kier molecular flexibility index (Phi) is 3.42. The number of aromatic hydroxyl groups is 1. The molecule has 0 saturated carbocycles. The second-order valence-corrected chi connectivity index (χ2v) is 4.83. The van der Waals surface area contributed by atoms with Crippen LogP contribution in [0.25, 0.3) is 5.52 Å². The number of hydrogen-bond acceptors (Lipinski definition) is 4. The summed E-state index contributed by atoms with van der Waals surface area (Å²) in [5.41, 5.74) is 1.36. The first-order valence-corrected chi connectivity index (χ1v) is 6.69. The minimum absolute atomic E-state index is 0.0143. The van der Waals surface area contributed by atoms with Crippen LogP contribution in [-0.4, -0.2) is 25.6 Å². The van der Waals surface area contributed by atoms with E-state index >= 15 is 0 Å². The normalized spacial score (nSPS) is 10.8. The lowest BCUT2D eigenvalue weighted by Gasteiger charge is -2.08. The number of carboxylic acids is 1. The lowest BCUT2D eigenvalue weighted by molar-refractivity contribution is 0.0693. The van der Waals surface area contributed by atoms with Crippen molar-refractivity contribution in [2.24, 2.45) is 0 Å². The maximum atomic E-state index is 11.3. The lowest BCUT2D eigenvalue weighted by Crippen LogP contribution is -2.03. The van der Waals surface area contributed by atoms with E-state index in [1.165, 1.54) is 6.07 Å². The molecule has 0 aliphatic heterocycles. The average molecular weight is 298 g/mol. The largest absolute Gasteiger partial charge is 0.504 e. The highest BCUT2D eigenvalue weighted by molar-refractivity contribution is 5.93. The lowest BCUT2D eigenvalue weighted by atomic mass is 10.3.